The van der Waals surface area contributed by atoms with Crippen LogP contribution in [-0.4, -0.2) is 7.05 Å². The smallest absolute Gasteiger partial charge is 0.0202 e. The van der Waals surface area contributed by atoms with Crippen LogP contribution in [0, 0.1) is 6.92 Å². The first-order valence-electron chi connectivity index (χ1n) is 5.60. The molecule has 16 heavy (non-hydrogen) atoms. The molecule has 0 aliphatic rings. The minimum atomic E-state index is 0.916. The van der Waals surface area contributed by atoms with Crippen LogP contribution in [-0.2, 0) is 6.54 Å². The van der Waals surface area contributed by atoms with Crippen molar-refractivity contribution in [1.29, 1.82) is 0 Å². The average Bonchev–Trinajstić information content (AvgIpc) is 2.30. The Labute approximate surface area is 97.1 Å². The third-order valence-electron chi connectivity index (χ3n) is 2.66. The highest BCUT2D eigenvalue weighted by molar-refractivity contribution is 5.64. The Morgan fingerprint density at radius 3 is 2.31 bits per heavy atom. The van der Waals surface area contributed by atoms with E-state index in [0.717, 1.165) is 6.54 Å². The summed E-state index contributed by atoms with van der Waals surface area (Å²) in [5.41, 5.74) is 5.20. The van der Waals surface area contributed by atoms with E-state index >= 15 is 0 Å². The summed E-state index contributed by atoms with van der Waals surface area (Å²) in [5.74, 6) is 0. The molecule has 1 nitrogen and oxygen atoms in total. The number of aryl methyl sites for hydroxylation is 1. The van der Waals surface area contributed by atoms with Crippen LogP contribution >= 0.6 is 0 Å². The normalized spacial score (nSPS) is 10.4. The van der Waals surface area contributed by atoms with E-state index in [-0.39, 0.29) is 0 Å². The van der Waals surface area contributed by atoms with E-state index in [4.69, 9.17) is 0 Å². The molecule has 0 aliphatic carbocycles. The Bertz CT molecular complexity index is 474. The van der Waals surface area contributed by atoms with Crippen molar-refractivity contribution in [3.05, 3.63) is 59.7 Å². The van der Waals surface area contributed by atoms with E-state index in [1.165, 1.54) is 22.3 Å². The highest BCUT2D eigenvalue weighted by Crippen LogP contribution is 2.21. The molecular weight excluding hydrogens is 194 g/mol. The number of rotatable bonds is 3. The van der Waals surface area contributed by atoms with Gasteiger partial charge in [0.1, 0.15) is 0 Å². The van der Waals surface area contributed by atoms with E-state index in [0.29, 0.717) is 0 Å². The van der Waals surface area contributed by atoms with Gasteiger partial charge in [0, 0.05) is 6.54 Å². The van der Waals surface area contributed by atoms with Crippen molar-refractivity contribution in [2.45, 2.75) is 13.5 Å². The molecule has 0 fully saturated rings. The second-order valence-corrected chi connectivity index (χ2v) is 4.10. The fourth-order valence-corrected chi connectivity index (χ4v) is 1.89. The number of hydrogen-bond acceptors (Lipinski definition) is 1. The van der Waals surface area contributed by atoms with Crippen molar-refractivity contribution in [1.82, 2.24) is 5.32 Å². The summed E-state index contributed by atoms with van der Waals surface area (Å²) in [4.78, 5) is 0. The monoisotopic (exact) mass is 211 g/mol. The van der Waals surface area contributed by atoms with E-state index < -0.39 is 0 Å². The van der Waals surface area contributed by atoms with Gasteiger partial charge < -0.3 is 5.32 Å². The van der Waals surface area contributed by atoms with Crippen molar-refractivity contribution < 1.29 is 0 Å². The van der Waals surface area contributed by atoms with Gasteiger partial charge in [-0.25, -0.2) is 0 Å². The van der Waals surface area contributed by atoms with Gasteiger partial charge >= 0.3 is 0 Å². The Balaban J connectivity index is 2.36. The molecule has 0 aliphatic heterocycles. The maximum atomic E-state index is 3.17. The standard InChI is InChI=1S/C15H17N/c1-12-5-3-7-14(9-12)15-8-4-6-13(10-15)11-16-2/h3-10,16H,11H2,1-2H3. The average molecular weight is 211 g/mol. The third-order valence-corrected chi connectivity index (χ3v) is 2.66. The first kappa shape index (κ1) is 10.9. The maximum Gasteiger partial charge on any atom is 0.0202 e. The van der Waals surface area contributed by atoms with Crippen LogP contribution in [0.3, 0.4) is 0 Å². The molecule has 0 spiro atoms. The second-order valence-electron chi connectivity index (χ2n) is 4.10. The van der Waals surface area contributed by atoms with Crippen LogP contribution in [0.2, 0.25) is 0 Å². The molecule has 0 saturated carbocycles. The predicted molar refractivity (Wildman–Crippen MR) is 69.4 cm³/mol. The van der Waals surface area contributed by atoms with E-state index in [2.05, 4.69) is 60.8 Å². The maximum absolute atomic E-state index is 3.17. The summed E-state index contributed by atoms with van der Waals surface area (Å²) in [6.45, 7) is 3.04. The Kier molecular flexibility index (Phi) is 3.37. The number of nitrogens with one attached hydrogen (secondary N) is 1. The molecular formula is C15H17N. The fraction of sp³-hybridized carbons (Fsp3) is 0.200. The van der Waals surface area contributed by atoms with Gasteiger partial charge in [0.05, 0.1) is 0 Å². The van der Waals surface area contributed by atoms with Crippen molar-refractivity contribution >= 4 is 0 Å². The van der Waals surface area contributed by atoms with Gasteiger partial charge in [-0.15, -0.1) is 0 Å². The summed E-state index contributed by atoms with van der Waals surface area (Å²) in [6.07, 6.45) is 0. The summed E-state index contributed by atoms with van der Waals surface area (Å²) in [6, 6.07) is 17.3. The zero-order chi connectivity index (χ0) is 11.4. The van der Waals surface area contributed by atoms with E-state index in [9.17, 15) is 0 Å². The predicted octanol–water partition coefficient (Wildman–Crippen LogP) is 3.38. The molecule has 2 aromatic rings. The largest absolute Gasteiger partial charge is 0.316 e. The highest BCUT2D eigenvalue weighted by atomic mass is 14.8. The molecule has 2 rings (SSSR count). The Hall–Kier alpha value is -1.60. The molecule has 0 saturated heterocycles. The van der Waals surface area contributed by atoms with Gasteiger partial charge in [0.15, 0.2) is 0 Å². The lowest BCUT2D eigenvalue weighted by atomic mass is 10.0. The van der Waals surface area contributed by atoms with Gasteiger partial charge in [-0.05, 0) is 36.7 Å². The van der Waals surface area contributed by atoms with Crippen LogP contribution in [0.25, 0.3) is 11.1 Å². The van der Waals surface area contributed by atoms with Gasteiger partial charge in [0.25, 0.3) is 0 Å². The van der Waals surface area contributed by atoms with Crippen LogP contribution in [0.1, 0.15) is 11.1 Å². The lowest BCUT2D eigenvalue weighted by Crippen LogP contribution is -2.04. The molecule has 0 radical (unpaired) electrons. The van der Waals surface area contributed by atoms with Crippen LogP contribution in [0.15, 0.2) is 48.5 Å². The molecule has 2 aromatic carbocycles. The van der Waals surface area contributed by atoms with Crippen LogP contribution in [0.4, 0.5) is 0 Å². The molecule has 0 atom stereocenters. The molecule has 0 amide bonds. The van der Waals surface area contributed by atoms with Crippen molar-refractivity contribution in [2.24, 2.45) is 0 Å². The summed E-state index contributed by atoms with van der Waals surface area (Å²) in [7, 11) is 1.97. The highest BCUT2D eigenvalue weighted by Gasteiger charge is 1.98. The third kappa shape index (κ3) is 2.50. The van der Waals surface area contributed by atoms with Gasteiger partial charge in [0.2, 0.25) is 0 Å². The molecule has 82 valence electrons. The number of benzene rings is 2. The fourth-order valence-electron chi connectivity index (χ4n) is 1.89. The minimum absolute atomic E-state index is 0.916. The lowest BCUT2D eigenvalue weighted by molar-refractivity contribution is 0.818. The summed E-state index contributed by atoms with van der Waals surface area (Å²) in [5, 5.41) is 3.17. The van der Waals surface area contributed by atoms with Gasteiger partial charge in [-0.3, -0.25) is 0 Å². The second kappa shape index (κ2) is 4.95. The summed E-state index contributed by atoms with van der Waals surface area (Å²) < 4.78 is 0. The number of hydrogen-bond donors (Lipinski definition) is 1. The van der Waals surface area contributed by atoms with Crippen molar-refractivity contribution in [3.8, 4) is 11.1 Å². The topological polar surface area (TPSA) is 12.0 Å². The van der Waals surface area contributed by atoms with Gasteiger partial charge in [-0.1, -0.05) is 48.0 Å². The molecule has 1 N–H and O–H groups in total. The quantitative estimate of drug-likeness (QED) is 0.820. The SMILES string of the molecule is CNCc1cccc(-c2cccc(C)c2)c1. The van der Waals surface area contributed by atoms with E-state index in [1.54, 1.807) is 0 Å². The summed E-state index contributed by atoms with van der Waals surface area (Å²) >= 11 is 0. The Morgan fingerprint density at radius 2 is 1.62 bits per heavy atom. The van der Waals surface area contributed by atoms with Crippen molar-refractivity contribution in [3.63, 3.8) is 0 Å². The molecule has 0 heterocycles. The van der Waals surface area contributed by atoms with Crippen LogP contribution < -0.4 is 5.32 Å². The Morgan fingerprint density at radius 1 is 0.938 bits per heavy atom. The van der Waals surface area contributed by atoms with Crippen LogP contribution in [0.5, 0.6) is 0 Å². The zero-order valence-electron chi connectivity index (χ0n) is 9.83. The molecule has 0 unspecified atom stereocenters. The molecule has 0 aromatic heterocycles. The minimum Gasteiger partial charge on any atom is -0.316 e. The first-order chi connectivity index (χ1) is 7.79. The zero-order valence-corrected chi connectivity index (χ0v) is 9.83. The van der Waals surface area contributed by atoms with E-state index in [1.807, 2.05) is 7.05 Å². The molecule has 1 heteroatoms. The molecule has 0 bridgehead atoms. The first-order valence-corrected chi connectivity index (χ1v) is 5.60. The van der Waals surface area contributed by atoms with Crippen molar-refractivity contribution in [2.75, 3.05) is 7.05 Å². The van der Waals surface area contributed by atoms with Gasteiger partial charge in [-0.2, -0.15) is 0 Å². The lowest BCUT2D eigenvalue weighted by Gasteiger charge is -2.06.